The summed E-state index contributed by atoms with van der Waals surface area (Å²) in [7, 11) is -4.67. The average Bonchev–Trinajstić information content (AvgIpc) is 2.73. The van der Waals surface area contributed by atoms with E-state index in [9.17, 15) is 0 Å². The highest BCUT2D eigenvalue weighted by Gasteiger charge is 1.95. The van der Waals surface area contributed by atoms with E-state index in [1.54, 1.807) is 0 Å². The Morgan fingerprint density at radius 3 is 0.844 bits per heavy atom. The highest BCUT2D eigenvalue weighted by atomic mass is 32.3. The first-order valence-electron chi connectivity index (χ1n) is 13.8. The van der Waals surface area contributed by atoms with Crippen molar-refractivity contribution in [3.63, 3.8) is 0 Å². The van der Waals surface area contributed by atoms with Crippen molar-refractivity contribution >= 4 is 10.4 Å². The van der Waals surface area contributed by atoms with E-state index in [0.717, 1.165) is 0 Å². The summed E-state index contributed by atoms with van der Waals surface area (Å²) in [6, 6.07) is 0. The van der Waals surface area contributed by atoms with Crippen molar-refractivity contribution < 1.29 is 17.5 Å². The van der Waals surface area contributed by atoms with Crippen LogP contribution in [0, 0.1) is 0 Å². The molecule has 0 aliphatic heterocycles. The van der Waals surface area contributed by atoms with Gasteiger partial charge in [-0.3, -0.25) is 9.11 Å². The maximum Gasteiger partial charge on any atom is 0.394 e. The summed E-state index contributed by atoms with van der Waals surface area (Å²) < 4.78 is 31.6. The van der Waals surface area contributed by atoms with Crippen molar-refractivity contribution in [3.8, 4) is 0 Å². The molecule has 0 fully saturated rings. The van der Waals surface area contributed by atoms with Gasteiger partial charge in [0.15, 0.2) is 0 Å². The van der Waals surface area contributed by atoms with Gasteiger partial charge in [-0.05, 0) is 25.9 Å². The fourth-order valence-electron chi connectivity index (χ4n) is 3.95. The molecule has 0 saturated carbocycles. The van der Waals surface area contributed by atoms with E-state index in [1.165, 1.54) is 154 Å². The summed E-state index contributed by atoms with van der Waals surface area (Å²) in [4.78, 5) is 0. The first-order chi connectivity index (χ1) is 15.4. The molecule has 0 aliphatic carbocycles. The Labute approximate surface area is 201 Å². The third-order valence-electron chi connectivity index (χ3n) is 5.91. The van der Waals surface area contributed by atoms with Crippen molar-refractivity contribution in [1.29, 1.82) is 0 Å². The van der Waals surface area contributed by atoms with Gasteiger partial charge in [0.2, 0.25) is 0 Å². The standard InChI is InChI=1S/C26H55N.H2O4S/c1-3-5-7-9-11-13-15-17-19-21-23-25-27-26-24-22-20-18-16-14-12-10-8-6-4-2;1-5(2,3)4/h27H,3-26H2,1-2H3;(H2,1,2,3,4). The Hall–Kier alpha value is -0.170. The number of unbranched alkanes of at least 4 members (excludes halogenated alkanes) is 20. The van der Waals surface area contributed by atoms with E-state index in [2.05, 4.69) is 19.2 Å². The molecule has 0 rings (SSSR count). The van der Waals surface area contributed by atoms with Crippen molar-refractivity contribution in [1.82, 2.24) is 5.32 Å². The lowest BCUT2D eigenvalue weighted by Gasteiger charge is -2.06. The summed E-state index contributed by atoms with van der Waals surface area (Å²) in [5, 5.41) is 3.65. The monoisotopic (exact) mass is 479 g/mol. The SMILES string of the molecule is CCCCCCCCCCCCCNCCCCCCCCCCCCC.O=S(=O)(O)O. The van der Waals surface area contributed by atoms with Crippen molar-refractivity contribution in [3.05, 3.63) is 0 Å². The molecular weight excluding hydrogens is 422 g/mol. The van der Waals surface area contributed by atoms with Crippen LogP contribution in [-0.4, -0.2) is 30.6 Å². The molecule has 3 N–H and O–H groups in total. The van der Waals surface area contributed by atoms with Crippen LogP contribution in [-0.2, 0) is 10.4 Å². The van der Waals surface area contributed by atoms with Crippen LogP contribution in [0.5, 0.6) is 0 Å². The molecule has 32 heavy (non-hydrogen) atoms. The maximum absolute atomic E-state index is 8.74. The van der Waals surface area contributed by atoms with Gasteiger partial charge in [-0.2, -0.15) is 8.42 Å². The van der Waals surface area contributed by atoms with Crippen LogP contribution in [0.15, 0.2) is 0 Å². The van der Waals surface area contributed by atoms with Crippen LogP contribution < -0.4 is 5.32 Å². The molecule has 0 radical (unpaired) electrons. The molecule has 0 aromatic rings. The molecule has 5 nitrogen and oxygen atoms in total. The Bertz CT molecular complexity index is 398. The maximum atomic E-state index is 8.74. The topological polar surface area (TPSA) is 86.6 Å². The Kier molecular flexibility index (Phi) is 30.7. The van der Waals surface area contributed by atoms with Crippen LogP contribution in [0.3, 0.4) is 0 Å². The smallest absolute Gasteiger partial charge is 0.317 e. The van der Waals surface area contributed by atoms with Crippen LogP contribution in [0.25, 0.3) is 0 Å². The van der Waals surface area contributed by atoms with E-state index < -0.39 is 10.4 Å². The zero-order chi connectivity index (χ0) is 24.2. The number of nitrogens with one attached hydrogen (secondary N) is 1. The Balaban J connectivity index is 0. The molecule has 6 heteroatoms. The van der Waals surface area contributed by atoms with Crippen LogP contribution in [0.2, 0.25) is 0 Å². The van der Waals surface area contributed by atoms with Gasteiger partial charge in [0.1, 0.15) is 0 Å². The predicted octanol–water partition coefficient (Wildman–Crippen LogP) is 8.55. The summed E-state index contributed by atoms with van der Waals surface area (Å²) in [6.07, 6.45) is 31.8. The molecule has 0 aromatic heterocycles. The molecule has 0 amide bonds. The quantitative estimate of drug-likeness (QED) is 0.0953. The zero-order valence-electron chi connectivity index (χ0n) is 21.6. The predicted molar refractivity (Wildman–Crippen MR) is 140 cm³/mol. The molecule has 0 heterocycles. The third-order valence-corrected chi connectivity index (χ3v) is 5.91. The van der Waals surface area contributed by atoms with Gasteiger partial charge in [-0.25, -0.2) is 0 Å². The average molecular weight is 480 g/mol. The lowest BCUT2D eigenvalue weighted by Crippen LogP contribution is -2.16. The normalized spacial score (nSPS) is 11.4. The third kappa shape index (κ3) is 43.7. The van der Waals surface area contributed by atoms with E-state index in [1.807, 2.05) is 0 Å². The van der Waals surface area contributed by atoms with Gasteiger partial charge in [0.25, 0.3) is 0 Å². The lowest BCUT2D eigenvalue weighted by molar-refractivity contribution is 0.381. The van der Waals surface area contributed by atoms with Gasteiger partial charge in [0, 0.05) is 0 Å². The Morgan fingerprint density at radius 1 is 0.438 bits per heavy atom. The number of hydrogen-bond donors (Lipinski definition) is 3. The fraction of sp³-hybridized carbons (Fsp3) is 1.00. The highest BCUT2D eigenvalue weighted by molar-refractivity contribution is 7.79. The Morgan fingerprint density at radius 2 is 0.625 bits per heavy atom. The molecule has 0 saturated heterocycles. The fourth-order valence-corrected chi connectivity index (χ4v) is 3.95. The van der Waals surface area contributed by atoms with Gasteiger partial charge in [-0.15, -0.1) is 0 Å². The molecule has 196 valence electrons. The molecule has 0 aromatic carbocycles. The van der Waals surface area contributed by atoms with E-state index in [0.29, 0.717) is 0 Å². The van der Waals surface area contributed by atoms with Crippen LogP contribution in [0.4, 0.5) is 0 Å². The van der Waals surface area contributed by atoms with Gasteiger partial charge < -0.3 is 5.32 Å². The summed E-state index contributed by atoms with van der Waals surface area (Å²) in [6.45, 7) is 7.09. The first-order valence-corrected chi connectivity index (χ1v) is 15.2. The molecule has 0 bridgehead atoms. The second-order valence-electron chi connectivity index (χ2n) is 9.27. The second kappa shape index (κ2) is 28.9. The van der Waals surface area contributed by atoms with E-state index in [-0.39, 0.29) is 0 Å². The summed E-state index contributed by atoms with van der Waals surface area (Å²) in [5.74, 6) is 0. The summed E-state index contributed by atoms with van der Waals surface area (Å²) in [5.41, 5.74) is 0. The summed E-state index contributed by atoms with van der Waals surface area (Å²) >= 11 is 0. The molecular formula is C26H57NO4S. The van der Waals surface area contributed by atoms with Crippen molar-refractivity contribution in [2.45, 2.75) is 155 Å². The molecule has 0 aliphatic rings. The molecule has 0 atom stereocenters. The minimum absolute atomic E-state index is 1.24. The van der Waals surface area contributed by atoms with Crippen LogP contribution >= 0.6 is 0 Å². The number of hydrogen-bond acceptors (Lipinski definition) is 3. The van der Waals surface area contributed by atoms with E-state index >= 15 is 0 Å². The van der Waals surface area contributed by atoms with Crippen molar-refractivity contribution in [2.24, 2.45) is 0 Å². The molecule has 0 unspecified atom stereocenters. The van der Waals surface area contributed by atoms with Gasteiger partial charge in [0.05, 0.1) is 0 Å². The van der Waals surface area contributed by atoms with E-state index in [4.69, 9.17) is 17.5 Å². The lowest BCUT2D eigenvalue weighted by atomic mass is 10.1. The molecule has 0 spiro atoms. The minimum atomic E-state index is -4.67. The zero-order valence-corrected chi connectivity index (χ0v) is 22.4. The first kappa shape index (κ1) is 34.0. The highest BCUT2D eigenvalue weighted by Crippen LogP contribution is 2.12. The van der Waals surface area contributed by atoms with Crippen molar-refractivity contribution in [2.75, 3.05) is 13.1 Å². The second-order valence-corrected chi connectivity index (χ2v) is 10.2. The van der Waals surface area contributed by atoms with Gasteiger partial charge in [-0.1, -0.05) is 142 Å². The largest absolute Gasteiger partial charge is 0.394 e. The van der Waals surface area contributed by atoms with Crippen LogP contribution in [0.1, 0.15) is 155 Å². The minimum Gasteiger partial charge on any atom is -0.317 e. The number of rotatable bonds is 24. The van der Waals surface area contributed by atoms with Gasteiger partial charge >= 0.3 is 10.4 Å².